The van der Waals surface area contributed by atoms with Gasteiger partial charge in [-0.25, -0.2) is 13.2 Å². The van der Waals surface area contributed by atoms with Crippen molar-refractivity contribution in [3.63, 3.8) is 0 Å². The van der Waals surface area contributed by atoms with Crippen molar-refractivity contribution in [2.24, 2.45) is 0 Å². The summed E-state index contributed by atoms with van der Waals surface area (Å²) in [5.41, 5.74) is 1.92. The second kappa shape index (κ2) is 10.0. The highest BCUT2D eigenvalue weighted by Gasteiger charge is 2.26. The van der Waals surface area contributed by atoms with Crippen LogP contribution in [0.2, 0.25) is 0 Å². The zero-order valence-corrected chi connectivity index (χ0v) is 18.4. The van der Waals surface area contributed by atoms with E-state index in [9.17, 15) is 18.0 Å². The standard InChI is InChI=1S/C22H26N2O6S/c1-3-17-4-8-19(9-5-17)23-21(25)16(2)30-22(26)18-6-10-20(11-7-18)31(27,28)24-12-14-29-15-13-24/h4-11,16H,3,12-15H2,1-2H3,(H,23,25). The van der Waals surface area contributed by atoms with Crippen molar-refractivity contribution in [3.05, 3.63) is 59.7 Å². The number of morpholine rings is 1. The zero-order valence-electron chi connectivity index (χ0n) is 17.5. The van der Waals surface area contributed by atoms with Crippen LogP contribution in [0.4, 0.5) is 5.69 Å². The van der Waals surface area contributed by atoms with Crippen molar-refractivity contribution in [1.29, 1.82) is 0 Å². The Bertz CT molecular complexity index is 1010. The second-order valence-corrected chi connectivity index (χ2v) is 9.07. The van der Waals surface area contributed by atoms with Crippen LogP contribution in [0, 0.1) is 0 Å². The fraction of sp³-hybridized carbons (Fsp3) is 0.364. The van der Waals surface area contributed by atoms with Crippen LogP contribution in [0.3, 0.4) is 0 Å². The van der Waals surface area contributed by atoms with E-state index < -0.39 is 28.0 Å². The number of hydrogen-bond acceptors (Lipinski definition) is 6. The number of aryl methyl sites for hydroxylation is 1. The molecule has 1 aliphatic heterocycles. The van der Waals surface area contributed by atoms with Gasteiger partial charge in [-0.1, -0.05) is 19.1 Å². The summed E-state index contributed by atoms with van der Waals surface area (Å²) in [5.74, 6) is -1.16. The fourth-order valence-corrected chi connectivity index (χ4v) is 4.46. The number of amides is 1. The molecule has 1 atom stereocenters. The monoisotopic (exact) mass is 446 g/mol. The number of ether oxygens (including phenoxy) is 2. The first-order valence-electron chi connectivity index (χ1n) is 10.1. The molecular formula is C22H26N2O6S. The van der Waals surface area contributed by atoms with Gasteiger partial charge in [0.2, 0.25) is 10.0 Å². The van der Waals surface area contributed by atoms with Gasteiger partial charge in [0.15, 0.2) is 6.10 Å². The minimum Gasteiger partial charge on any atom is -0.449 e. The minimum atomic E-state index is -3.64. The van der Waals surface area contributed by atoms with Gasteiger partial charge in [-0.05, 0) is 55.3 Å². The Morgan fingerprint density at radius 1 is 1.06 bits per heavy atom. The molecule has 0 bridgehead atoms. The Kier molecular flexibility index (Phi) is 7.42. The summed E-state index contributed by atoms with van der Waals surface area (Å²) in [6.07, 6.45) is -0.121. The number of hydrogen-bond donors (Lipinski definition) is 1. The van der Waals surface area contributed by atoms with Crippen LogP contribution < -0.4 is 5.32 Å². The summed E-state index contributed by atoms with van der Waals surface area (Å²) in [6.45, 7) is 4.81. The Morgan fingerprint density at radius 2 is 1.68 bits per heavy atom. The van der Waals surface area contributed by atoms with Crippen molar-refractivity contribution < 1.29 is 27.5 Å². The first-order valence-corrected chi connectivity index (χ1v) is 11.5. The average Bonchev–Trinajstić information content (AvgIpc) is 2.80. The second-order valence-electron chi connectivity index (χ2n) is 7.13. The van der Waals surface area contributed by atoms with Gasteiger partial charge in [-0.3, -0.25) is 4.79 Å². The summed E-state index contributed by atoms with van der Waals surface area (Å²) in [7, 11) is -3.64. The first-order chi connectivity index (χ1) is 14.8. The fourth-order valence-electron chi connectivity index (χ4n) is 3.05. The summed E-state index contributed by atoms with van der Waals surface area (Å²) in [6, 6.07) is 12.9. The molecule has 1 N–H and O–H groups in total. The Balaban J connectivity index is 1.59. The normalized spacial score (nSPS) is 15.8. The first kappa shape index (κ1) is 22.9. The van der Waals surface area contributed by atoms with Gasteiger partial charge < -0.3 is 14.8 Å². The van der Waals surface area contributed by atoms with Gasteiger partial charge in [-0.2, -0.15) is 4.31 Å². The quantitative estimate of drug-likeness (QED) is 0.656. The molecule has 2 aromatic rings. The number of sulfonamides is 1. The highest BCUT2D eigenvalue weighted by molar-refractivity contribution is 7.89. The third-order valence-electron chi connectivity index (χ3n) is 4.98. The molecule has 0 aliphatic carbocycles. The summed E-state index contributed by atoms with van der Waals surface area (Å²) >= 11 is 0. The maximum atomic E-state index is 12.7. The molecule has 1 fully saturated rings. The number of benzene rings is 2. The number of rotatable bonds is 7. The van der Waals surface area contributed by atoms with Crippen LogP contribution in [-0.4, -0.2) is 57.0 Å². The van der Waals surface area contributed by atoms with E-state index in [2.05, 4.69) is 5.32 Å². The van der Waals surface area contributed by atoms with Crippen molar-refractivity contribution in [3.8, 4) is 0 Å². The molecule has 8 nitrogen and oxygen atoms in total. The van der Waals surface area contributed by atoms with E-state index in [-0.39, 0.29) is 10.5 Å². The van der Waals surface area contributed by atoms with Crippen LogP contribution in [0.1, 0.15) is 29.8 Å². The summed E-state index contributed by atoms with van der Waals surface area (Å²) in [5, 5.41) is 2.70. The summed E-state index contributed by atoms with van der Waals surface area (Å²) in [4.78, 5) is 24.8. The molecule has 2 aromatic carbocycles. The molecule has 1 heterocycles. The zero-order chi connectivity index (χ0) is 22.4. The SMILES string of the molecule is CCc1ccc(NC(=O)C(C)OC(=O)c2ccc(S(=O)(=O)N3CCOCC3)cc2)cc1. The number of nitrogens with one attached hydrogen (secondary N) is 1. The predicted molar refractivity (Wildman–Crippen MR) is 115 cm³/mol. The van der Waals surface area contributed by atoms with E-state index in [4.69, 9.17) is 9.47 Å². The van der Waals surface area contributed by atoms with Crippen molar-refractivity contribution in [2.75, 3.05) is 31.6 Å². The number of nitrogens with zero attached hydrogens (tertiary/aromatic N) is 1. The van der Waals surface area contributed by atoms with E-state index in [1.165, 1.54) is 35.5 Å². The van der Waals surface area contributed by atoms with Gasteiger partial charge in [0.1, 0.15) is 0 Å². The molecule has 0 aromatic heterocycles. The van der Waals surface area contributed by atoms with Crippen molar-refractivity contribution in [2.45, 2.75) is 31.3 Å². The molecular weight excluding hydrogens is 420 g/mol. The van der Waals surface area contributed by atoms with Crippen LogP contribution in [0.15, 0.2) is 53.4 Å². The number of esters is 1. The lowest BCUT2D eigenvalue weighted by Crippen LogP contribution is -2.40. The maximum absolute atomic E-state index is 12.7. The van der Waals surface area contributed by atoms with Crippen LogP contribution in [0.25, 0.3) is 0 Å². The lowest BCUT2D eigenvalue weighted by Gasteiger charge is -2.26. The molecule has 1 aliphatic rings. The molecule has 3 rings (SSSR count). The van der Waals surface area contributed by atoms with E-state index in [0.29, 0.717) is 32.0 Å². The third-order valence-corrected chi connectivity index (χ3v) is 6.89. The molecule has 166 valence electrons. The van der Waals surface area contributed by atoms with Gasteiger partial charge in [-0.15, -0.1) is 0 Å². The third kappa shape index (κ3) is 5.69. The summed E-state index contributed by atoms with van der Waals surface area (Å²) < 4.78 is 37.1. The molecule has 0 saturated carbocycles. The van der Waals surface area contributed by atoms with Crippen LogP contribution >= 0.6 is 0 Å². The van der Waals surface area contributed by atoms with E-state index in [0.717, 1.165) is 12.0 Å². The number of carbonyl (C=O) groups excluding carboxylic acids is 2. The van der Waals surface area contributed by atoms with Crippen LogP contribution in [0.5, 0.6) is 0 Å². The highest BCUT2D eigenvalue weighted by atomic mass is 32.2. The largest absolute Gasteiger partial charge is 0.449 e. The van der Waals surface area contributed by atoms with Crippen LogP contribution in [-0.2, 0) is 30.7 Å². The van der Waals surface area contributed by atoms with E-state index in [1.807, 2.05) is 19.1 Å². The molecule has 1 saturated heterocycles. The van der Waals surface area contributed by atoms with E-state index in [1.54, 1.807) is 12.1 Å². The Hall–Kier alpha value is -2.75. The highest BCUT2D eigenvalue weighted by Crippen LogP contribution is 2.18. The topological polar surface area (TPSA) is 102 Å². The molecule has 31 heavy (non-hydrogen) atoms. The van der Waals surface area contributed by atoms with E-state index >= 15 is 0 Å². The lowest BCUT2D eigenvalue weighted by atomic mass is 10.1. The predicted octanol–water partition coefficient (Wildman–Crippen LogP) is 2.45. The van der Waals surface area contributed by atoms with Crippen molar-refractivity contribution in [1.82, 2.24) is 4.31 Å². The number of carbonyl (C=O) groups is 2. The Labute approximate surface area is 182 Å². The molecule has 0 radical (unpaired) electrons. The van der Waals surface area contributed by atoms with Crippen molar-refractivity contribution >= 4 is 27.6 Å². The molecule has 1 amide bonds. The molecule has 1 unspecified atom stereocenters. The number of anilines is 1. The molecule has 9 heteroatoms. The van der Waals surface area contributed by atoms with Gasteiger partial charge in [0.25, 0.3) is 5.91 Å². The maximum Gasteiger partial charge on any atom is 0.338 e. The smallest absolute Gasteiger partial charge is 0.338 e. The minimum absolute atomic E-state index is 0.0901. The lowest BCUT2D eigenvalue weighted by molar-refractivity contribution is -0.123. The van der Waals surface area contributed by atoms with Gasteiger partial charge in [0.05, 0.1) is 23.7 Å². The van der Waals surface area contributed by atoms with Gasteiger partial charge in [0, 0.05) is 18.8 Å². The Morgan fingerprint density at radius 3 is 2.26 bits per heavy atom. The molecule has 0 spiro atoms. The van der Waals surface area contributed by atoms with Gasteiger partial charge >= 0.3 is 5.97 Å². The average molecular weight is 447 g/mol.